The van der Waals surface area contributed by atoms with Crippen molar-refractivity contribution in [3.05, 3.63) is 46.2 Å². The number of aromatic nitrogens is 1. The molecule has 90 valence electrons. The van der Waals surface area contributed by atoms with Crippen LogP contribution in [0.4, 0.5) is 4.39 Å². The van der Waals surface area contributed by atoms with Crippen LogP contribution in [0.15, 0.2) is 35.4 Å². The first kappa shape index (κ1) is 12.6. The summed E-state index contributed by atoms with van der Waals surface area (Å²) in [5.74, 6) is 1.15. The Kier molecular flexibility index (Phi) is 4.18. The Morgan fingerprint density at radius 2 is 2.24 bits per heavy atom. The molecule has 0 N–H and O–H groups in total. The maximum atomic E-state index is 13.0. The number of nitrogens with zero attached hydrogens (tertiary/aromatic N) is 1. The fourth-order valence-corrected chi connectivity index (χ4v) is 3.23. The van der Waals surface area contributed by atoms with Gasteiger partial charge in [-0.25, -0.2) is 9.37 Å². The average Bonchev–Trinajstić information content (AvgIpc) is 2.75. The lowest BCUT2D eigenvalue weighted by Gasteiger charge is -1.99. The quantitative estimate of drug-likeness (QED) is 0.745. The van der Waals surface area contributed by atoms with E-state index in [0.29, 0.717) is 5.92 Å². The summed E-state index contributed by atoms with van der Waals surface area (Å²) >= 11 is 3.36. The molecule has 2 aromatic rings. The van der Waals surface area contributed by atoms with E-state index in [0.717, 1.165) is 15.7 Å². The molecule has 1 aromatic heterocycles. The number of hydrogen-bond acceptors (Lipinski definition) is 3. The molecular weight excluding hydrogens is 253 g/mol. The third-order valence-electron chi connectivity index (χ3n) is 2.30. The van der Waals surface area contributed by atoms with Crippen molar-refractivity contribution >= 4 is 23.1 Å². The molecule has 1 aromatic carbocycles. The lowest BCUT2D eigenvalue weighted by Crippen LogP contribution is -1.79. The normalized spacial score (nSPS) is 11.1. The average molecular weight is 267 g/mol. The maximum absolute atomic E-state index is 13.0. The van der Waals surface area contributed by atoms with E-state index in [1.54, 1.807) is 35.2 Å². The molecule has 1 heterocycles. The van der Waals surface area contributed by atoms with Gasteiger partial charge < -0.3 is 0 Å². The molecule has 0 saturated carbocycles. The molecule has 0 aliphatic carbocycles. The summed E-state index contributed by atoms with van der Waals surface area (Å²) in [6, 6.07) is 6.68. The topological polar surface area (TPSA) is 12.9 Å². The van der Waals surface area contributed by atoms with Gasteiger partial charge in [-0.2, -0.15) is 0 Å². The van der Waals surface area contributed by atoms with Crippen molar-refractivity contribution in [2.75, 3.05) is 0 Å². The number of thiazole rings is 1. The maximum Gasteiger partial charge on any atom is 0.124 e. The largest absolute Gasteiger partial charge is 0.248 e. The zero-order chi connectivity index (χ0) is 12.3. The zero-order valence-corrected chi connectivity index (χ0v) is 11.4. The second-order valence-electron chi connectivity index (χ2n) is 4.06. The molecule has 0 atom stereocenters. The molecule has 1 nitrogen and oxygen atoms in total. The van der Waals surface area contributed by atoms with Gasteiger partial charge in [-0.3, -0.25) is 0 Å². The highest BCUT2D eigenvalue weighted by atomic mass is 32.2. The van der Waals surface area contributed by atoms with Crippen LogP contribution in [0.25, 0.3) is 0 Å². The zero-order valence-electron chi connectivity index (χ0n) is 9.81. The minimum absolute atomic E-state index is 0.183. The summed E-state index contributed by atoms with van der Waals surface area (Å²) in [4.78, 5) is 6.63. The van der Waals surface area contributed by atoms with Crippen LogP contribution in [0.5, 0.6) is 0 Å². The number of benzene rings is 1. The van der Waals surface area contributed by atoms with E-state index in [4.69, 9.17) is 0 Å². The SMILES string of the molecule is CC(C)c1cnc(CSc2cccc(F)c2)s1. The van der Waals surface area contributed by atoms with E-state index in [-0.39, 0.29) is 5.82 Å². The van der Waals surface area contributed by atoms with Crippen LogP contribution >= 0.6 is 23.1 Å². The molecule has 0 spiro atoms. The molecule has 0 radical (unpaired) electrons. The van der Waals surface area contributed by atoms with Gasteiger partial charge in [0.1, 0.15) is 10.8 Å². The van der Waals surface area contributed by atoms with Gasteiger partial charge in [-0.05, 0) is 24.1 Å². The monoisotopic (exact) mass is 267 g/mol. The van der Waals surface area contributed by atoms with Crippen molar-refractivity contribution in [3.8, 4) is 0 Å². The Labute approximate surface area is 109 Å². The minimum atomic E-state index is -0.183. The van der Waals surface area contributed by atoms with Crippen LogP contribution in [0, 0.1) is 5.82 Å². The van der Waals surface area contributed by atoms with Crippen molar-refractivity contribution in [2.45, 2.75) is 30.4 Å². The highest BCUT2D eigenvalue weighted by Gasteiger charge is 2.06. The summed E-state index contributed by atoms with van der Waals surface area (Å²) in [6.45, 7) is 4.33. The van der Waals surface area contributed by atoms with Gasteiger partial charge in [0.25, 0.3) is 0 Å². The molecular formula is C13H14FNS2. The molecule has 0 bridgehead atoms. The third kappa shape index (κ3) is 3.54. The fraction of sp³-hybridized carbons (Fsp3) is 0.308. The first-order chi connectivity index (χ1) is 8.15. The molecule has 2 rings (SSSR count). The second-order valence-corrected chi connectivity index (χ2v) is 6.25. The van der Waals surface area contributed by atoms with Crippen LogP contribution in [0.3, 0.4) is 0 Å². The third-order valence-corrected chi connectivity index (χ3v) is 4.78. The standard InChI is InChI=1S/C13H14FNS2/c1-9(2)12-7-15-13(17-12)8-16-11-5-3-4-10(14)6-11/h3-7,9H,8H2,1-2H3. The molecule has 0 fully saturated rings. The first-order valence-electron chi connectivity index (χ1n) is 5.48. The minimum Gasteiger partial charge on any atom is -0.248 e. The molecule has 17 heavy (non-hydrogen) atoms. The highest BCUT2D eigenvalue weighted by Crippen LogP contribution is 2.28. The summed E-state index contributed by atoms with van der Waals surface area (Å²) in [6.07, 6.45) is 1.94. The van der Waals surface area contributed by atoms with Crippen LogP contribution in [-0.2, 0) is 5.75 Å². The Morgan fingerprint density at radius 1 is 1.41 bits per heavy atom. The molecule has 0 amide bonds. The van der Waals surface area contributed by atoms with E-state index in [9.17, 15) is 4.39 Å². The number of thioether (sulfide) groups is 1. The van der Waals surface area contributed by atoms with Gasteiger partial charge >= 0.3 is 0 Å². The number of hydrogen-bond donors (Lipinski definition) is 0. The molecule has 0 aliphatic rings. The lowest BCUT2D eigenvalue weighted by molar-refractivity contribution is 0.624. The van der Waals surface area contributed by atoms with E-state index >= 15 is 0 Å². The van der Waals surface area contributed by atoms with Crippen LogP contribution in [0.2, 0.25) is 0 Å². The van der Waals surface area contributed by atoms with Crippen LogP contribution in [-0.4, -0.2) is 4.98 Å². The van der Waals surface area contributed by atoms with Gasteiger partial charge in [0.15, 0.2) is 0 Å². The van der Waals surface area contributed by atoms with E-state index < -0.39 is 0 Å². The lowest BCUT2D eigenvalue weighted by atomic mass is 10.2. The van der Waals surface area contributed by atoms with Crippen LogP contribution < -0.4 is 0 Å². The predicted molar refractivity (Wildman–Crippen MR) is 72.2 cm³/mol. The number of halogens is 1. The molecule has 0 unspecified atom stereocenters. The highest BCUT2D eigenvalue weighted by molar-refractivity contribution is 7.98. The second kappa shape index (κ2) is 5.65. The predicted octanol–water partition coefficient (Wildman–Crippen LogP) is 4.70. The molecule has 0 saturated heterocycles. The van der Waals surface area contributed by atoms with Crippen molar-refractivity contribution < 1.29 is 4.39 Å². The Hall–Kier alpha value is -0.870. The van der Waals surface area contributed by atoms with Crippen molar-refractivity contribution in [3.63, 3.8) is 0 Å². The van der Waals surface area contributed by atoms with Gasteiger partial charge in [0.2, 0.25) is 0 Å². The molecule has 0 aliphatic heterocycles. The van der Waals surface area contributed by atoms with E-state index in [2.05, 4.69) is 18.8 Å². The van der Waals surface area contributed by atoms with E-state index in [1.165, 1.54) is 10.9 Å². The van der Waals surface area contributed by atoms with Gasteiger partial charge in [-0.1, -0.05) is 19.9 Å². The van der Waals surface area contributed by atoms with Crippen molar-refractivity contribution in [1.82, 2.24) is 4.98 Å². The summed E-state index contributed by atoms with van der Waals surface area (Å²) in [5, 5.41) is 1.10. The Morgan fingerprint density at radius 3 is 2.88 bits per heavy atom. The molecule has 4 heteroatoms. The van der Waals surface area contributed by atoms with Crippen molar-refractivity contribution in [1.29, 1.82) is 0 Å². The summed E-state index contributed by atoms with van der Waals surface area (Å²) in [5.41, 5.74) is 0. The van der Waals surface area contributed by atoms with Gasteiger partial charge in [-0.15, -0.1) is 23.1 Å². The fourth-order valence-electron chi connectivity index (χ4n) is 1.36. The van der Waals surface area contributed by atoms with E-state index in [1.807, 2.05) is 12.3 Å². The van der Waals surface area contributed by atoms with Gasteiger partial charge in [0.05, 0.1) is 5.75 Å². The van der Waals surface area contributed by atoms with Crippen molar-refractivity contribution in [2.24, 2.45) is 0 Å². The summed E-state index contributed by atoms with van der Waals surface area (Å²) < 4.78 is 13.0. The van der Waals surface area contributed by atoms with Crippen LogP contribution in [0.1, 0.15) is 29.7 Å². The summed E-state index contributed by atoms with van der Waals surface area (Å²) in [7, 11) is 0. The smallest absolute Gasteiger partial charge is 0.124 e. The first-order valence-corrected chi connectivity index (χ1v) is 7.28. The Balaban J connectivity index is 1.97. The number of rotatable bonds is 4. The Bertz CT molecular complexity index is 494. The van der Waals surface area contributed by atoms with Gasteiger partial charge in [0, 0.05) is 16.0 Å².